The van der Waals surface area contributed by atoms with E-state index in [9.17, 15) is 0 Å². The van der Waals surface area contributed by atoms with Crippen LogP contribution in [0.3, 0.4) is 0 Å². The minimum atomic E-state index is 0.533. The molecular formula is C21H15N7. The third-order valence-electron chi connectivity index (χ3n) is 4.27. The molecule has 0 aliphatic heterocycles. The van der Waals surface area contributed by atoms with Crippen molar-refractivity contribution < 1.29 is 0 Å². The van der Waals surface area contributed by atoms with Gasteiger partial charge in [0.2, 0.25) is 11.8 Å². The molecule has 0 atom stereocenters. The molecule has 0 unspecified atom stereocenters. The van der Waals surface area contributed by atoms with Gasteiger partial charge in [0.15, 0.2) is 0 Å². The van der Waals surface area contributed by atoms with Crippen LogP contribution < -0.4 is 5.32 Å². The molecule has 7 heteroatoms. The van der Waals surface area contributed by atoms with Gasteiger partial charge in [-0.05, 0) is 36.4 Å². The fourth-order valence-electron chi connectivity index (χ4n) is 2.96. The summed E-state index contributed by atoms with van der Waals surface area (Å²) < 4.78 is 1.75. The van der Waals surface area contributed by atoms with Crippen LogP contribution >= 0.6 is 0 Å². The Morgan fingerprint density at radius 2 is 1.57 bits per heavy atom. The van der Waals surface area contributed by atoms with Crippen LogP contribution in [-0.2, 0) is 0 Å². The van der Waals surface area contributed by atoms with Crippen LogP contribution in [0.2, 0.25) is 0 Å². The molecule has 3 aromatic heterocycles. The molecule has 5 rings (SSSR count). The first-order chi connectivity index (χ1) is 13.9. The largest absolute Gasteiger partial charge is 0.308 e. The van der Waals surface area contributed by atoms with Gasteiger partial charge < -0.3 is 5.32 Å². The maximum atomic E-state index is 4.68. The molecule has 5 aromatic rings. The molecule has 0 radical (unpaired) electrons. The van der Waals surface area contributed by atoms with Crippen LogP contribution in [0, 0.1) is 0 Å². The Kier molecular flexibility index (Phi) is 3.95. The Morgan fingerprint density at radius 3 is 2.43 bits per heavy atom. The second-order valence-electron chi connectivity index (χ2n) is 6.09. The summed E-state index contributed by atoms with van der Waals surface area (Å²) >= 11 is 0. The van der Waals surface area contributed by atoms with Gasteiger partial charge in [0.1, 0.15) is 17.8 Å². The quantitative estimate of drug-likeness (QED) is 0.518. The van der Waals surface area contributed by atoms with E-state index in [1.807, 2.05) is 72.8 Å². The van der Waals surface area contributed by atoms with Crippen LogP contribution in [0.5, 0.6) is 0 Å². The number of rotatable bonds is 4. The number of anilines is 2. The second kappa shape index (κ2) is 6.88. The number of aromatic nitrogens is 6. The first kappa shape index (κ1) is 16.1. The summed E-state index contributed by atoms with van der Waals surface area (Å²) in [7, 11) is 0. The number of fused-ring (bicyclic) bond motifs is 1. The third kappa shape index (κ3) is 2.95. The lowest BCUT2D eigenvalue weighted by Crippen LogP contribution is -2.05. The molecular weight excluding hydrogens is 350 g/mol. The molecule has 0 spiro atoms. The lowest BCUT2D eigenvalue weighted by Gasteiger charge is -2.09. The Bertz CT molecular complexity index is 1230. The molecule has 0 amide bonds. The van der Waals surface area contributed by atoms with E-state index in [2.05, 4.69) is 30.4 Å². The smallest absolute Gasteiger partial charge is 0.232 e. The lowest BCUT2D eigenvalue weighted by atomic mass is 10.2. The van der Waals surface area contributed by atoms with Crippen molar-refractivity contribution in [3.05, 3.63) is 85.3 Å². The van der Waals surface area contributed by atoms with Crippen molar-refractivity contribution in [2.45, 2.75) is 0 Å². The molecule has 1 N–H and O–H groups in total. The molecule has 134 valence electrons. The fourth-order valence-corrected chi connectivity index (χ4v) is 2.96. The van der Waals surface area contributed by atoms with Gasteiger partial charge >= 0.3 is 0 Å². The van der Waals surface area contributed by atoms with Crippen LogP contribution in [0.25, 0.3) is 28.1 Å². The van der Waals surface area contributed by atoms with Crippen LogP contribution in [0.15, 0.2) is 85.3 Å². The minimum absolute atomic E-state index is 0.533. The SMILES string of the molecule is c1ccc(-n2nc(-c3ccccn3)nc2Nc2ncnc3ccccc23)cc1. The van der Waals surface area contributed by atoms with Crippen LogP contribution in [0.1, 0.15) is 0 Å². The molecule has 2 aromatic carbocycles. The Labute approximate surface area is 160 Å². The molecule has 0 bridgehead atoms. The minimum Gasteiger partial charge on any atom is -0.308 e. The second-order valence-corrected chi connectivity index (χ2v) is 6.09. The van der Waals surface area contributed by atoms with E-state index in [1.165, 1.54) is 6.33 Å². The van der Waals surface area contributed by atoms with Gasteiger partial charge in [-0.25, -0.2) is 9.97 Å². The molecule has 0 aliphatic rings. The molecule has 7 nitrogen and oxygen atoms in total. The highest BCUT2D eigenvalue weighted by molar-refractivity contribution is 5.90. The molecule has 3 heterocycles. The zero-order valence-corrected chi connectivity index (χ0v) is 14.8. The summed E-state index contributed by atoms with van der Waals surface area (Å²) in [6.45, 7) is 0. The van der Waals surface area contributed by atoms with E-state index in [-0.39, 0.29) is 0 Å². The Hall–Kier alpha value is -4.13. The van der Waals surface area contributed by atoms with E-state index in [4.69, 9.17) is 0 Å². The van der Waals surface area contributed by atoms with Gasteiger partial charge in [0.05, 0.1) is 11.2 Å². The summed E-state index contributed by atoms with van der Waals surface area (Å²) in [6.07, 6.45) is 3.26. The summed E-state index contributed by atoms with van der Waals surface area (Å²) in [5.41, 5.74) is 2.45. The number of hydrogen-bond donors (Lipinski definition) is 1. The van der Waals surface area contributed by atoms with Crippen LogP contribution in [-0.4, -0.2) is 29.7 Å². The summed E-state index contributed by atoms with van der Waals surface area (Å²) in [5.74, 6) is 1.75. The summed E-state index contributed by atoms with van der Waals surface area (Å²) in [6, 6.07) is 23.3. The van der Waals surface area contributed by atoms with Crippen molar-refractivity contribution in [3.63, 3.8) is 0 Å². The zero-order valence-electron chi connectivity index (χ0n) is 14.8. The summed E-state index contributed by atoms with van der Waals surface area (Å²) in [4.78, 5) is 17.8. The average molecular weight is 365 g/mol. The van der Waals surface area contributed by atoms with Gasteiger partial charge in [-0.2, -0.15) is 9.67 Å². The highest BCUT2D eigenvalue weighted by Crippen LogP contribution is 2.25. The number of para-hydroxylation sites is 2. The first-order valence-corrected chi connectivity index (χ1v) is 8.79. The first-order valence-electron chi connectivity index (χ1n) is 8.79. The highest BCUT2D eigenvalue weighted by Gasteiger charge is 2.15. The number of hydrogen-bond acceptors (Lipinski definition) is 6. The highest BCUT2D eigenvalue weighted by atomic mass is 15.4. The zero-order chi connectivity index (χ0) is 18.8. The normalized spacial score (nSPS) is 10.9. The maximum absolute atomic E-state index is 4.68. The number of pyridine rings is 1. The van der Waals surface area contributed by atoms with E-state index in [0.29, 0.717) is 23.3 Å². The van der Waals surface area contributed by atoms with Gasteiger partial charge in [-0.15, -0.1) is 5.10 Å². The molecule has 28 heavy (non-hydrogen) atoms. The van der Waals surface area contributed by atoms with Crippen molar-refractivity contribution in [1.82, 2.24) is 29.7 Å². The van der Waals surface area contributed by atoms with Crippen molar-refractivity contribution in [2.75, 3.05) is 5.32 Å². The topological polar surface area (TPSA) is 81.4 Å². The predicted molar refractivity (Wildman–Crippen MR) is 107 cm³/mol. The monoisotopic (exact) mass is 365 g/mol. The third-order valence-corrected chi connectivity index (χ3v) is 4.27. The van der Waals surface area contributed by atoms with E-state index < -0.39 is 0 Å². The van der Waals surface area contributed by atoms with Gasteiger partial charge in [-0.1, -0.05) is 36.4 Å². The van der Waals surface area contributed by atoms with Crippen molar-refractivity contribution in [1.29, 1.82) is 0 Å². The van der Waals surface area contributed by atoms with Gasteiger partial charge in [0, 0.05) is 11.6 Å². The number of benzene rings is 2. The van der Waals surface area contributed by atoms with Crippen molar-refractivity contribution >= 4 is 22.7 Å². The molecule has 0 aliphatic carbocycles. The molecule has 0 saturated heterocycles. The van der Waals surface area contributed by atoms with Crippen molar-refractivity contribution in [3.8, 4) is 17.2 Å². The van der Waals surface area contributed by atoms with E-state index >= 15 is 0 Å². The standard InChI is InChI=1S/C21H15N7/c1-2-8-15(9-3-1)28-21(26-20(27-28)18-12-6-7-13-22-18)25-19-16-10-4-5-11-17(16)23-14-24-19/h1-14H,(H,23,24,25,26,27). The van der Waals surface area contributed by atoms with E-state index in [1.54, 1.807) is 10.9 Å². The maximum Gasteiger partial charge on any atom is 0.232 e. The average Bonchev–Trinajstić information content (AvgIpc) is 3.19. The van der Waals surface area contributed by atoms with Crippen LogP contribution in [0.4, 0.5) is 11.8 Å². The van der Waals surface area contributed by atoms with Crippen molar-refractivity contribution in [2.24, 2.45) is 0 Å². The van der Waals surface area contributed by atoms with Gasteiger partial charge in [0.25, 0.3) is 0 Å². The predicted octanol–water partition coefficient (Wildman–Crippen LogP) is 4.02. The Morgan fingerprint density at radius 1 is 0.750 bits per heavy atom. The summed E-state index contributed by atoms with van der Waals surface area (Å²) in [5, 5.41) is 8.89. The number of nitrogens with zero attached hydrogens (tertiary/aromatic N) is 6. The number of nitrogens with one attached hydrogen (secondary N) is 1. The van der Waals surface area contributed by atoms with E-state index in [0.717, 1.165) is 16.6 Å². The van der Waals surface area contributed by atoms with Gasteiger partial charge in [-0.3, -0.25) is 4.98 Å². The molecule has 0 fully saturated rings. The lowest BCUT2D eigenvalue weighted by molar-refractivity contribution is 0.888. The fraction of sp³-hybridized carbons (Fsp3) is 0. The Balaban J connectivity index is 1.64. The molecule has 0 saturated carbocycles.